The first-order chi connectivity index (χ1) is 4.33. The van der Waals surface area contributed by atoms with Gasteiger partial charge in [-0.15, -0.1) is 0 Å². The quantitative estimate of drug-likeness (QED) is 0.434. The molecule has 1 fully saturated rings. The molecule has 0 aliphatic carbocycles. The fourth-order valence-electron chi connectivity index (χ4n) is 0.727. The highest BCUT2D eigenvalue weighted by Crippen LogP contribution is 2.00. The molecule has 1 aliphatic heterocycles. The van der Waals surface area contributed by atoms with E-state index in [-0.39, 0.29) is 6.10 Å². The molecule has 9 heavy (non-hydrogen) atoms. The van der Waals surface area contributed by atoms with Crippen LogP contribution in [0.1, 0.15) is 6.92 Å². The molecule has 50 valence electrons. The van der Waals surface area contributed by atoms with Crippen molar-refractivity contribution in [1.82, 2.24) is 5.32 Å². The lowest BCUT2D eigenvalue weighted by Gasteiger charge is -1.98. The molecule has 1 aliphatic rings. The van der Waals surface area contributed by atoms with Crippen molar-refractivity contribution < 1.29 is 4.74 Å². The third-order valence-electron chi connectivity index (χ3n) is 1.11. The van der Waals surface area contributed by atoms with Crippen molar-refractivity contribution in [2.45, 2.75) is 13.0 Å². The second-order valence-corrected chi connectivity index (χ2v) is 2.22. The number of ether oxygens (including phenoxy) is 1. The average Bonchev–Trinajstić information content (AvgIpc) is 2.17. The Kier molecular flexibility index (Phi) is 2.05. The van der Waals surface area contributed by atoms with Gasteiger partial charge in [0, 0.05) is 0 Å². The summed E-state index contributed by atoms with van der Waals surface area (Å²) in [5.41, 5.74) is 0. The summed E-state index contributed by atoms with van der Waals surface area (Å²) in [6.07, 6.45) is 4.09. The molecular formula is C6H9NOS. The third kappa shape index (κ3) is 1.68. The first kappa shape index (κ1) is 6.55. The van der Waals surface area contributed by atoms with Crippen LogP contribution in [0.4, 0.5) is 0 Å². The van der Waals surface area contributed by atoms with E-state index in [2.05, 4.69) is 5.32 Å². The smallest absolute Gasteiger partial charge is 0.257 e. The fraction of sp³-hybridized carbons (Fsp3) is 0.500. The summed E-state index contributed by atoms with van der Waals surface area (Å²) in [5.74, 6) is 0. The molecule has 0 aromatic rings. The number of allylic oxidation sites excluding steroid dienone is 1. The molecule has 1 atom stereocenters. The summed E-state index contributed by atoms with van der Waals surface area (Å²) in [6.45, 7) is 2.77. The van der Waals surface area contributed by atoms with E-state index < -0.39 is 0 Å². The predicted molar refractivity (Wildman–Crippen MR) is 40.3 cm³/mol. The molecular weight excluding hydrogens is 134 g/mol. The van der Waals surface area contributed by atoms with E-state index in [4.69, 9.17) is 17.0 Å². The molecule has 2 nitrogen and oxygen atoms in total. The predicted octanol–water partition coefficient (Wildman–Crippen LogP) is 0.836. The van der Waals surface area contributed by atoms with Crippen LogP contribution in [0.2, 0.25) is 0 Å². The Morgan fingerprint density at radius 2 is 2.67 bits per heavy atom. The van der Waals surface area contributed by atoms with E-state index >= 15 is 0 Å². The summed E-state index contributed by atoms with van der Waals surface area (Å²) < 4.78 is 5.14. The molecule has 1 unspecified atom stereocenters. The summed E-state index contributed by atoms with van der Waals surface area (Å²) in [4.78, 5) is 0. The van der Waals surface area contributed by atoms with Crippen molar-refractivity contribution in [3.8, 4) is 0 Å². The van der Waals surface area contributed by atoms with Crippen molar-refractivity contribution in [2.24, 2.45) is 0 Å². The van der Waals surface area contributed by atoms with Crippen LogP contribution in [0.25, 0.3) is 0 Å². The van der Waals surface area contributed by atoms with Gasteiger partial charge < -0.3 is 10.1 Å². The molecule has 0 aromatic carbocycles. The number of thiocarbonyl (C=S) groups is 1. The molecule has 1 heterocycles. The molecule has 3 heteroatoms. The SMILES string of the molecule is CC=CC1CNC(=S)O1. The van der Waals surface area contributed by atoms with E-state index in [0.29, 0.717) is 5.17 Å². The lowest BCUT2D eigenvalue weighted by atomic mass is 10.3. The third-order valence-corrected chi connectivity index (χ3v) is 1.35. The zero-order valence-corrected chi connectivity index (χ0v) is 6.07. The first-order valence-corrected chi connectivity index (χ1v) is 3.31. The van der Waals surface area contributed by atoms with Crippen molar-refractivity contribution >= 4 is 17.4 Å². The van der Waals surface area contributed by atoms with Gasteiger partial charge in [-0.25, -0.2) is 0 Å². The fourth-order valence-corrected chi connectivity index (χ4v) is 0.934. The van der Waals surface area contributed by atoms with Crippen molar-refractivity contribution in [2.75, 3.05) is 6.54 Å². The van der Waals surface area contributed by atoms with Gasteiger partial charge in [-0.3, -0.25) is 0 Å². The summed E-state index contributed by atoms with van der Waals surface area (Å²) in [7, 11) is 0. The minimum atomic E-state index is 0.155. The Morgan fingerprint density at radius 1 is 1.89 bits per heavy atom. The van der Waals surface area contributed by atoms with E-state index in [1.54, 1.807) is 0 Å². The zero-order valence-electron chi connectivity index (χ0n) is 5.26. The monoisotopic (exact) mass is 143 g/mol. The van der Waals surface area contributed by atoms with Crippen LogP contribution in [-0.4, -0.2) is 17.8 Å². The highest BCUT2D eigenvalue weighted by atomic mass is 32.1. The molecule has 0 spiro atoms. The molecule has 0 aromatic heterocycles. The van der Waals surface area contributed by atoms with Crippen LogP contribution in [0.5, 0.6) is 0 Å². The van der Waals surface area contributed by atoms with Gasteiger partial charge in [0.05, 0.1) is 6.54 Å². The zero-order chi connectivity index (χ0) is 6.69. The first-order valence-electron chi connectivity index (χ1n) is 2.90. The maximum Gasteiger partial charge on any atom is 0.257 e. The van der Waals surface area contributed by atoms with Crippen LogP contribution in [-0.2, 0) is 4.74 Å². The number of rotatable bonds is 1. The van der Waals surface area contributed by atoms with Gasteiger partial charge in [0.15, 0.2) is 0 Å². The lowest BCUT2D eigenvalue weighted by Crippen LogP contribution is -2.13. The second kappa shape index (κ2) is 2.82. The van der Waals surface area contributed by atoms with Crippen molar-refractivity contribution in [1.29, 1.82) is 0 Å². The maximum atomic E-state index is 5.14. The molecule has 0 saturated carbocycles. The van der Waals surface area contributed by atoms with E-state index in [1.807, 2.05) is 19.1 Å². The van der Waals surface area contributed by atoms with E-state index in [9.17, 15) is 0 Å². The van der Waals surface area contributed by atoms with Crippen LogP contribution in [0.3, 0.4) is 0 Å². The van der Waals surface area contributed by atoms with Crippen LogP contribution in [0.15, 0.2) is 12.2 Å². The van der Waals surface area contributed by atoms with Gasteiger partial charge >= 0.3 is 0 Å². The van der Waals surface area contributed by atoms with Gasteiger partial charge in [0.25, 0.3) is 5.17 Å². The average molecular weight is 143 g/mol. The highest BCUT2D eigenvalue weighted by Gasteiger charge is 2.15. The number of hydrogen-bond donors (Lipinski definition) is 1. The van der Waals surface area contributed by atoms with Gasteiger partial charge in [-0.05, 0) is 25.2 Å². The van der Waals surface area contributed by atoms with Gasteiger partial charge in [-0.2, -0.15) is 0 Å². The Labute approximate surface area is 59.9 Å². The largest absolute Gasteiger partial charge is 0.462 e. The van der Waals surface area contributed by atoms with Crippen molar-refractivity contribution in [3.05, 3.63) is 12.2 Å². The summed E-state index contributed by atoms with van der Waals surface area (Å²) >= 11 is 4.74. The van der Waals surface area contributed by atoms with E-state index in [1.165, 1.54) is 0 Å². The van der Waals surface area contributed by atoms with Crippen LogP contribution < -0.4 is 5.32 Å². The Morgan fingerprint density at radius 3 is 3.11 bits per heavy atom. The number of nitrogens with one attached hydrogen (secondary N) is 1. The molecule has 0 bridgehead atoms. The van der Waals surface area contributed by atoms with Gasteiger partial charge in [0.1, 0.15) is 6.10 Å². The van der Waals surface area contributed by atoms with Crippen LogP contribution in [0, 0.1) is 0 Å². The molecule has 0 radical (unpaired) electrons. The standard InChI is InChI=1S/C6H9NOS/c1-2-3-5-4-7-6(9)8-5/h2-3,5H,4H2,1H3,(H,7,9). The van der Waals surface area contributed by atoms with Crippen LogP contribution >= 0.6 is 12.2 Å². The van der Waals surface area contributed by atoms with Gasteiger partial charge in [0.2, 0.25) is 0 Å². The van der Waals surface area contributed by atoms with Gasteiger partial charge in [-0.1, -0.05) is 6.08 Å². The molecule has 1 saturated heterocycles. The Balaban J connectivity index is 2.39. The summed E-state index contributed by atoms with van der Waals surface area (Å²) in [6, 6.07) is 0. The van der Waals surface area contributed by atoms with E-state index in [0.717, 1.165) is 6.54 Å². The Bertz CT molecular complexity index is 144. The maximum absolute atomic E-state index is 5.14. The minimum absolute atomic E-state index is 0.155. The lowest BCUT2D eigenvalue weighted by molar-refractivity contribution is 0.286. The van der Waals surface area contributed by atoms with Crippen molar-refractivity contribution in [3.63, 3.8) is 0 Å². The highest BCUT2D eigenvalue weighted by molar-refractivity contribution is 7.80. The number of hydrogen-bond acceptors (Lipinski definition) is 2. The molecule has 1 rings (SSSR count). The molecule has 0 amide bonds. The summed E-state index contributed by atoms with van der Waals surface area (Å²) in [5, 5.41) is 3.42. The topological polar surface area (TPSA) is 21.3 Å². The Hall–Kier alpha value is -0.570. The minimum Gasteiger partial charge on any atom is -0.462 e. The second-order valence-electron chi connectivity index (χ2n) is 1.85. The molecule has 1 N–H and O–H groups in total. The normalized spacial score (nSPS) is 26.3.